The van der Waals surface area contributed by atoms with Gasteiger partial charge >= 0.3 is 0 Å². The Morgan fingerprint density at radius 2 is 1.94 bits per heavy atom. The normalized spacial score (nSPS) is 22.1. The fourth-order valence-corrected chi connectivity index (χ4v) is 1.89. The van der Waals surface area contributed by atoms with E-state index in [-0.39, 0.29) is 0 Å². The highest BCUT2D eigenvalue weighted by Gasteiger charge is 2.49. The lowest BCUT2D eigenvalue weighted by Crippen LogP contribution is -2.09. The first kappa shape index (κ1) is 12.5. The van der Waals surface area contributed by atoms with Gasteiger partial charge in [-0.25, -0.2) is 0 Å². The Morgan fingerprint density at radius 1 is 1.35 bits per heavy atom. The van der Waals surface area contributed by atoms with Gasteiger partial charge in [0.25, 0.3) is 5.89 Å². The van der Waals surface area contributed by atoms with E-state index in [1.807, 2.05) is 13.8 Å². The molecule has 1 aromatic heterocycles. The highest BCUT2D eigenvalue weighted by Crippen LogP contribution is 2.57. The van der Waals surface area contributed by atoms with Crippen LogP contribution < -0.4 is 0 Å². The third kappa shape index (κ3) is 2.66. The van der Waals surface area contributed by atoms with E-state index in [0.717, 1.165) is 12.2 Å². The Labute approximate surface area is 101 Å². The molecule has 0 spiro atoms. The largest absolute Gasteiger partial charge is 0.345 e. The van der Waals surface area contributed by atoms with Gasteiger partial charge in [0.05, 0.1) is 0 Å². The molecule has 96 valence electrons. The summed E-state index contributed by atoms with van der Waals surface area (Å²) in [6, 6.07) is 0. The molecule has 17 heavy (non-hydrogen) atoms. The van der Waals surface area contributed by atoms with Gasteiger partial charge in [-0.05, 0) is 25.7 Å². The standard InChI is InChI=1S/C12H20N2O3/c1-5-15-11(16-6-2)10-13-9(14-17-10)8-7-12(8,3)4/h8,11H,5-7H2,1-4H3. The van der Waals surface area contributed by atoms with Crippen molar-refractivity contribution in [2.45, 2.75) is 46.3 Å². The molecule has 1 aliphatic carbocycles. The number of nitrogens with zero attached hydrogens (tertiary/aromatic N) is 2. The fourth-order valence-electron chi connectivity index (χ4n) is 1.89. The van der Waals surface area contributed by atoms with Crippen molar-refractivity contribution < 1.29 is 14.0 Å². The molecule has 0 aromatic carbocycles. The Kier molecular flexibility index (Phi) is 3.49. The van der Waals surface area contributed by atoms with Crippen LogP contribution in [-0.4, -0.2) is 23.4 Å². The van der Waals surface area contributed by atoms with Crippen molar-refractivity contribution in [3.05, 3.63) is 11.7 Å². The van der Waals surface area contributed by atoms with E-state index in [1.54, 1.807) is 0 Å². The summed E-state index contributed by atoms with van der Waals surface area (Å²) in [6.07, 6.45) is 0.577. The minimum Gasteiger partial charge on any atom is -0.345 e. The minimum atomic E-state index is -0.534. The van der Waals surface area contributed by atoms with Crippen LogP contribution in [0.2, 0.25) is 0 Å². The van der Waals surface area contributed by atoms with E-state index in [0.29, 0.717) is 30.4 Å². The first-order valence-electron chi connectivity index (χ1n) is 6.15. The third-order valence-electron chi connectivity index (χ3n) is 3.12. The number of aromatic nitrogens is 2. The van der Waals surface area contributed by atoms with Crippen LogP contribution >= 0.6 is 0 Å². The molecular weight excluding hydrogens is 220 g/mol. The van der Waals surface area contributed by atoms with Crippen molar-refractivity contribution in [1.29, 1.82) is 0 Å². The molecule has 0 bridgehead atoms. The molecule has 1 unspecified atom stereocenters. The summed E-state index contributed by atoms with van der Waals surface area (Å²) >= 11 is 0. The van der Waals surface area contributed by atoms with Crippen molar-refractivity contribution in [2.24, 2.45) is 5.41 Å². The molecular formula is C12H20N2O3. The van der Waals surface area contributed by atoms with Crippen molar-refractivity contribution in [3.63, 3.8) is 0 Å². The summed E-state index contributed by atoms with van der Waals surface area (Å²) in [5.74, 6) is 1.60. The van der Waals surface area contributed by atoms with Crippen LogP contribution in [0, 0.1) is 5.41 Å². The van der Waals surface area contributed by atoms with Crippen LogP contribution in [0.4, 0.5) is 0 Å². The van der Waals surface area contributed by atoms with Gasteiger partial charge in [-0.15, -0.1) is 0 Å². The maximum atomic E-state index is 5.42. The zero-order valence-electron chi connectivity index (χ0n) is 10.9. The summed E-state index contributed by atoms with van der Waals surface area (Å²) in [5.41, 5.74) is 0.299. The Morgan fingerprint density at radius 3 is 2.41 bits per heavy atom. The van der Waals surface area contributed by atoms with Gasteiger partial charge < -0.3 is 14.0 Å². The van der Waals surface area contributed by atoms with Gasteiger partial charge in [0, 0.05) is 19.1 Å². The lowest BCUT2D eigenvalue weighted by Gasteiger charge is -2.11. The molecule has 0 N–H and O–H groups in total. The molecule has 1 saturated carbocycles. The van der Waals surface area contributed by atoms with Gasteiger partial charge in [0.1, 0.15) is 0 Å². The molecule has 0 aliphatic heterocycles. The highest BCUT2D eigenvalue weighted by atomic mass is 16.7. The van der Waals surface area contributed by atoms with Crippen LogP contribution in [0.1, 0.15) is 58.0 Å². The van der Waals surface area contributed by atoms with Crippen LogP contribution in [0.25, 0.3) is 0 Å². The maximum Gasteiger partial charge on any atom is 0.283 e. The lowest BCUT2D eigenvalue weighted by atomic mass is 10.1. The molecule has 5 nitrogen and oxygen atoms in total. The van der Waals surface area contributed by atoms with E-state index in [9.17, 15) is 0 Å². The summed E-state index contributed by atoms with van der Waals surface area (Å²) in [6.45, 7) is 9.34. The lowest BCUT2D eigenvalue weighted by molar-refractivity contribution is -0.155. The second-order valence-corrected chi connectivity index (χ2v) is 4.98. The molecule has 0 saturated heterocycles. The molecule has 5 heteroatoms. The molecule has 2 rings (SSSR count). The number of rotatable bonds is 6. The molecule has 1 aliphatic rings. The molecule has 1 heterocycles. The predicted molar refractivity (Wildman–Crippen MR) is 61.4 cm³/mol. The van der Waals surface area contributed by atoms with Crippen molar-refractivity contribution in [3.8, 4) is 0 Å². The SMILES string of the molecule is CCOC(OCC)c1nc(C2CC2(C)C)no1. The quantitative estimate of drug-likeness (QED) is 0.715. The van der Waals surface area contributed by atoms with Gasteiger partial charge in [-0.2, -0.15) is 4.98 Å². The average molecular weight is 240 g/mol. The second-order valence-electron chi connectivity index (χ2n) is 4.98. The second kappa shape index (κ2) is 4.74. The van der Waals surface area contributed by atoms with E-state index in [4.69, 9.17) is 14.0 Å². The van der Waals surface area contributed by atoms with Crippen molar-refractivity contribution in [2.75, 3.05) is 13.2 Å². The summed E-state index contributed by atoms with van der Waals surface area (Å²) < 4.78 is 16.0. The molecule has 0 amide bonds. The van der Waals surface area contributed by atoms with Crippen molar-refractivity contribution in [1.82, 2.24) is 10.1 Å². The zero-order chi connectivity index (χ0) is 12.5. The van der Waals surface area contributed by atoms with E-state index in [2.05, 4.69) is 24.0 Å². The zero-order valence-corrected chi connectivity index (χ0v) is 10.9. The fraction of sp³-hybridized carbons (Fsp3) is 0.833. The van der Waals surface area contributed by atoms with E-state index < -0.39 is 6.29 Å². The Balaban J connectivity index is 2.06. The average Bonchev–Trinajstić information content (AvgIpc) is 2.75. The first-order valence-corrected chi connectivity index (χ1v) is 6.15. The molecule has 0 radical (unpaired) electrons. The number of hydrogen-bond donors (Lipinski definition) is 0. The van der Waals surface area contributed by atoms with Crippen LogP contribution in [0.15, 0.2) is 4.52 Å². The molecule has 1 fully saturated rings. The first-order chi connectivity index (χ1) is 8.08. The summed E-state index contributed by atoms with van der Waals surface area (Å²) in [5, 5.41) is 4.01. The van der Waals surface area contributed by atoms with Gasteiger partial charge in [0.2, 0.25) is 6.29 Å². The number of ether oxygens (including phenoxy) is 2. The number of hydrogen-bond acceptors (Lipinski definition) is 5. The van der Waals surface area contributed by atoms with Gasteiger partial charge in [-0.3, -0.25) is 0 Å². The monoisotopic (exact) mass is 240 g/mol. The van der Waals surface area contributed by atoms with Crippen molar-refractivity contribution >= 4 is 0 Å². The smallest absolute Gasteiger partial charge is 0.283 e. The van der Waals surface area contributed by atoms with E-state index in [1.165, 1.54) is 0 Å². The van der Waals surface area contributed by atoms with Crippen LogP contribution in [-0.2, 0) is 9.47 Å². The topological polar surface area (TPSA) is 57.4 Å². The van der Waals surface area contributed by atoms with Gasteiger partial charge in [-0.1, -0.05) is 19.0 Å². The highest BCUT2D eigenvalue weighted by molar-refractivity contribution is 5.14. The molecule has 1 atom stereocenters. The van der Waals surface area contributed by atoms with Crippen LogP contribution in [0.5, 0.6) is 0 Å². The Bertz CT molecular complexity index is 370. The van der Waals surface area contributed by atoms with E-state index >= 15 is 0 Å². The maximum absolute atomic E-state index is 5.42. The minimum absolute atomic E-state index is 0.299. The summed E-state index contributed by atoms with van der Waals surface area (Å²) in [7, 11) is 0. The molecule has 1 aromatic rings. The predicted octanol–water partition coefficient (Wildman–Crippen LogP) is 2.65. The van der Waals surface area contributed by atoms with Gasteiger partial charge in [0.15, 0.2) is 5.82 Å². The van der Waals surface area contributed by atoms with Crippen LogP contribution in [0.3, 0.4) is 0 Å². The Hall–Kier alpha value is -0.940. The third-order valence-corrected chi connectivity index (χ3v) is 3.12. The summed E-state index contributed by atoms with van der Waals surface area (Å²) in [4.78, 5) is 4.38.